The molecule has 0 aromatic heterocycles. The summed E-state index contributed by atoms with van der Waals surface area (Å²) in [5.74, 6) is 1.64. The number of nitrogens with zero attached hydrogens (tertiary/aromatic N) is 2. The summed E-state index contributed by atoms with van der Waals surface area (Å²) in [5, 5.41) is 9.54. The van der Waals surface area contributed by atoms with Crippen molar-refractivity contribution >= 4 is 0 Å². The van der Waals surface area contributed by atoms with E-state index in [9.17, 15) is 5.26 Å². The van der Waals surface area contributed by atoms with Crippen LogP contribution in [0.5, 0.6) is 11.5 Å². The minimum absolute atomic E-state index is 0.308. The molecule has 2 aliphatic heterocycles. The van der Waals surface area contributed by atoms with Gasteiger partial charge in [0.05, 0.1) is 6.07 Å². The van der Waals surface area contributed by atoms with Gasteiger partial charge in [0.2, 0.25) is 6.79 Å². The molecule has 0 aliphatic carbocycles. The fraction of sp³-hybridized carbons (Fsp3) is 0.562. The second kappa shape index (κ2) is 5.34. The minimum Gasteiger partial charge on any atom is -0.454 e. The number of benzene rings is 1. The third kappa shape index (κ3) is 2.46. The van der Waals surface area contributed by atoms with E-state index in [2.05, 4.69) is 24.0 Å². The van der Waals surface area contributed by atoms with Crippen LogP contribution in [0.3, 0.4) is 0 Å². The topological polar surface area (TPSA) is 45.5 Å². The van der Waals surface area contributed by atoms with E-state index in [1.165, 1.54) is 18.4 Å². The molecule has 1 saturated heterocycles. The van der Waals surface area contributed by atoms with E-state index in [1.807, 2.05) is 12.1 Å². The molecule has 3 rings (SSSR count). The van der Waals surface area contributed by atoms with Gasteiger partial charge in [-0.3, -0.25) is 4.90 Å². The fourth-order valence-electron chi connectivity index (χ4n) is 2.98. The van der Waals surface area contributed by atoms with E-state index in [-0.39, 0.29) is 5.54 Å². The van der Waals surface area contributed by atoms with Crippen molar-refractivity contribution < 1.29 is 9.47 Å². The summed E-state index contributed by atoms with van der Waals surface area (Å²) in [5.41, 5.74) is 0.849. The summed E-state index contributed by atoms with van der Waals surface area (Å²) in [6.07, 6.45) is 4.16. The molecule has 2 aliphatic rings. The lowest BCUT2D eigenvalue weighted by atomic mass is 9.93. The van der Waals surface area contributed by atoms with Gasteiger partial charge in [-0.2, -0.15) is 5.26 Å². The molecule has 0 amide bonds. The van der Waals surface area contributed by atoms with E-state index in [0.29, 0.717) is 6.79 Å². The third-order valence-corrected chi connectivity index (χ3v) is 4.38. The molecule has 2 heterocycles. The molecule has 0 radical (unpaired) electrons. The van der Waals surface area contributed by atoms with Gasteiger partial charge in [-0.1, -0.05) is 6.07 Å². The van der Waals surface area contributed by atoms with Gasteiger partial charge in [0.25, 0.3) is 0 Å². The van der Waals surface area contributed by atoms with Crippen LogP contribution in [0.2, 0.25) is 0 Å². The summed E-state index contributed by atoms with van der Waals surface area (Å²) in [6, 6.07) is 8.57. The largest absolute Gasteiger partial charge is 0.454 e. The predicted octanol–water partition coefficient (Wildman–Crippen LogP) is 2.73. The first kappa shape index (κ1) is 13.3. The molecule has 1 fully saturated rings. The first-order valence-corrected chi connectivity index (χ1v) is 7.26. The predicted molar refractivity (Wildman–Crippen MR) is 75.7 cm³/mol. The molecule has 0 N–H and O–H groups in total. The molecule has 1 unspecified atom stereocenters. The monoisotopic (exact) mass is 272 g/mol. The lowest BCUT2D eigenvalue weighted by Gasteiger charge is -2.32. The van der Waals surface area contributed by atoms with Crippen molar-refractivity contribution in [3.05, 3.63) is 23.8 Å². The zero-order valence-corrected chi connectivity index (χ0v) is 11.9. The summed E-state index contributed by atoms with van der Waals surface area (Å²) < 4.78 is 10.7. The second-order valence-electron chi connectivity index (χ2n) is 5.77. The lowest BCUT2D eigenvalue weighted by Crippen LogP contribution is -2.43. The van der Waals surface area contributed by atoms with Gasteiger partial charge in [0.1, 0.15) is 5.54 Å². The molecule has 0 saturated carbocycles. The Bertz CT molecular complexity index is 532. The van der Waals surface area contributed by atoms with E-state index in [4.69, 9.17) is 9.47 Å². The summed E-state index contributed by atoms with van der Waals surface area (Å²) in [7, 11) is 0. The van der Waals surface area contributed by atoms with Gasteiger partial charge in [0.15, 0.2) is 11.5 Å². The van der Waals surface area contributed by atoms with E-state index in [1.54, 1.807) is 0 Å². The molecule has 4 heteroatoms. The van der Waals surface area contributed by atoms with Crippen LogP contribution in [0.25, 0.3) is 0 Å². The van der Waals surface area contributed by atoms with Crippen molar-refractivity contribution in [1.29, 1.82) is 5.26 Å². The minimum atomic E-state index is -0.354. The number of fused-ring (bicyclic) bond motifs is 1. The lowest BCUT2D eigenvalue weighted by molar-refractivity contribution is 0.173. The average molecular weight is 272 g/mol. The maximum Gasteiger partial charge on any atom is 0.231 e. The van der Waals surface area contributed by atoms with Crippen molar-refractivity contribution in [3.63, 3.8) is 0 Å². The standard InChI is InChI=1S/C16H20N2O2/c1-16(11-17,18-8-2-3-9-18)7-6-13-4-5-14-15(10-13)20-12-19-14/h4-5,10H,2-3,6-9,12H2,1H3. The number of rotatable bonds is 4. The van der Waals surface area contributed by atoms with Crippen LogP contribution >= 0.6 is 0 Å². The van der Waals surface area contributed by atoms with Crippen LogP contribution in [0.1, 0.15) is 31.7 Å². The van der Waals surface area contributed by atoms with Gasteiger partial charge >= 0.3 is 0 Å². The number of ether oxygens (including phenoxy) is 2. The van der Waals surface area contributed by atoms with Crippen molar-refractivity contribution in [1.82, 2.24) is 4.90 Å². The first-order chi connectivity index (χ1) is 9.71. The SMILES string of the molecule is CC(C#N)(CCc1ccc2c(c1)OCO2)N1CCCC1. The molecule has 1 aromatic rings. The van der Waals surface area contributed by atoms with E-state index >= 15 is 0 Å². The molecule has 1 atom stereocenters. The van der Waals surface area contributed by atoms with Crippen molar-refractivity contribution in [2.75, 3.05) is 19.9 Å². The number of hydrogen-bond acceptors (Lipinski definition) is 4. The Balaban J connectivity index is 1.67. The Morgan fingerprint density at radius 1 is 1.25 bits per heavy atom. The van der Waals surface area contributed by atoms with E-state index < -0.39 is 0 Å². The van der Waals surface area contributed by atoms with Gasteiger partial charge in [0, 0.05) is 0 Å². The third-order valence-electron chi connectivity index (χ3n) is 4.38. The Morgan fingerprint density at radius 2 is 2.00 bits per heavy atom. The summed E-state index contributed by atoms with van der Waals surface area (Å²) in [4.78, 5) is 2.32. The summed E-state index contributed by atoms with van der Waals surface area (Å²) in [6.45, 7) is 4.46. The Labute approximate surface area is 119 Å². The van der Waals surface area contributed by atoms with Gasteiger partial charge in [-0.25, -0.2) is 0 Å². The number of hydrogen-bond donors (Lipinski definition) is 0. The van der Waals surface area contributed by atoms with Crippen LogP contribution in [-0.4, -0.2) is 30.3 Å². The van der Waals surface area contributed by atoms with Crippen molar-refractivity contribution in [3.8, 4) is 17.6 Å². The average Bonchev–Trinajstić information content (AvgIpc) is 3.15. The Kier molecular flexibility index (Phi) is 3.54. The highest BCUT2D eigenvalue weighted by molar-refractivity contribution is 5.44. The first-order valence-electron chi connectivity index (χ1n) is 7.26. The summed E-state index contributed by atoms with van der Waals surface area (Å²) >= 11 is 0. The zero-order chi connectivity index (χ0) is 14.0. The molecule has 1 aromatic carbocycles. The number of nitriles is 1. The molecular weight excluding hydrogens is 252 g/mol. The van der Waals surface area contributed by atoms with Gasteiger partial charge in [-0.05, 0) is 63.4 Å². The van der Waals surface area contributed by atoms with Crippen LogP contribution in [-0.2, 0) is 6.42 Å². The van der Waals surface area contributed by atoms with Gasteiger partial charge in [-0.15, -0.1) is 0 Å². The Hall–Kier alpha value is -1.73. The smallest absolute Gasteiger partial charge is 0.231 e. The van der Waals surface area contributed by atoms with Gasteiger partial charge < -0.3 is 9.47 Å². The normalized spacial score (nSPS) is 20.6. The van der Waals surface area contributed by atoms with Crippen LogP contribution in [0.4, 0.5) is 0 Å². The molecule has 0 spiro atoms. The van der Waals surface area contributed by atoms with Crippen LogP contribution in [0, 0.1) is 11.3 Å². The quantitative estimate of drug-likeness (QED) is 0.845. The highest BCUT2D eigenvalue weighted by Crippen LogP contribution is 2.33. The van der Waals surface area contributed by atoms with Crippen molar-refractivity contribution in [2.45, 2.75) is 38.1 Å². The molecule has 20 heavy (non-hydrogen) atoms. The van der Waals surface area contributed by atoms with Crippen LogP contribution < -0.4 is 9.47 Å². The maximum atomic E-state index is 9.54. The molecule has 0 bridgehead atoms. The maximum absolute atomic E-state index is 9.54. The Morgan fingerprint density at radius 3 is 2.75 bits per heavy atom. The van der Waals surface area contributed by atoms with Crippen molar-refractivity contribution in [2.24, 2.45) is 0 Å². The fourth-order valence-corrected chi connectivity index (χ4v) is 2.98. The highest BCUT2D eigenvalue weighted by atomic mass is 16.7. The molecular formula is C16H20N2O2. The molecule has 106 valence electrons. The zero-order valence-electron chi connectivity index (χ0n) is 11.9. The highest BCUT2D eigenvalue weighted by Gasteiger charge is 2.33. The van der Waals surface area contributed by atoms with Crippen LogP contribution in [0.15, 0.2) is 18.2 Å². The number of likely N-dealkylation sites (tertiary alicyclic amines) is 1. The second-order valence-corrected chi connectivity index (χ2v) is 5.77. The molecule has 4 nitrogen and oxygen atoms in total. The number of aryl methyl sites for hydroxylation is 1. The van der Waals surface area contributed by atoms with E-state index in [0.717, 1.165) is 37.4 Å².